The van der Waals surface area contributed by atoms with Crippen LogP contribution in [0.2, 0.25) is 0 Å². The van der Waals surface area contributed by atoms with Crippen molar-refractivity contribution in [3.05, 3.63) is 292 Å². The van der Waals surface area contributed by atoms with Gasteiger partial charge in [-0.05, 0) is 46.6 Å². The van der Waals surface area contributed by atoms with Gasteiger partial charge >= 0.3 is 35.1 Å². The van der Waals surface area contributed by atoms with Gasteiger partial charge in [-0.1, -0.05) is 231 Å². The first-order chi connectivity index (χ1) is 42.9. The predicted octanol–water partition coefficient (Wildman–Crippen LogP) is 13.6. The second kappa shape index (κ2) is 23.2. The van der Waals surface area contributed by atoms with Crippen LogP contribution in [0.3, 0.4) is 0 Å². The number of allylic oxidation sites excluding steroid dienone is 8. The number of carbonyl (C=O) groups is 4. The maximum Gasteiger partial charge on any atom is 0.369 e. The lowest BCUT2D eigenvalue weighted by atomic mass is 9.76. The summed E-state index contributed by atoms with van der Waals surface area (Å²) in [6.45, 7) is -0.827. The largest absolute Gasteiger partial charge is 0.458 e. The third kappa shape index (κ3) is 9.95. The first-order valence-corrected chi connectivity index (χ1v) is 31.1. The number of ether oxygens (including phenoxy) is 6. The van der Waals surface area contributed by atoms with Crippen LogP contribution in [0.1, 0.15) is 75.7 Å². The van der Waals surface area contributed by atoms with Crippen LogP contribution in [-0.2, 0) is 85.2 Å². The second-order valence-corrected chi connectivity index (χ2v) is 24.9. The molecule has 430 valence electrons. The lowest BCUT2D eigenvalue weighted by Gasteiger charge is -2.40. The van der Waals surface area contributed by atoms with Gasteiger partial charge in [0.2, 0.25) is 0 Å². The van der Waals surface area contributed by atoms with Crippen LogP contribution in [0, 0.1) is 11.8 Å². The zero-order valence-corrected chi connectivity index (χ0v) is 50.9. The number of rotatable bonds is 14. The fourth-order valence-corrected chi connectivity index (χ4v) is 15.0. The maximum atomic E-state index is 15.3. The normalized spacial score (nSPS) is 17.7. The number of thiocarbonyl (C=S) groups is 4. The number of hydrogen-bond donors (Lipinski definition) is 0. The van der Waals surface area contributed by atoms with Gasteiger partial charge in [0.15, 0.2) is 0 Å². The fourth-order valence-electron chi connectivity index (χ4n) is 11.3. The van der Waals surface area contributed by atoms with Crippen LogP contribution in [0.25, 0.3) is 23.3 Å². The minimum atomic E-state index is -2.60. The van der Waals surface area contributed by atoms with Crippen molar-refractivity contribution in [2.24, 2.45) is 11.8 Å². The molecule has 4 heterocycles. The van der Waals surface area contributed by atoms with Gasteiger partial charge in [0.25, 0.3) is 0 Å². The number of nitrogens with zero attached hydrogens (tertiary/aromatic N) is 2. The van der Waals surface area contributed by atoms with E-state index in [1.165, 1.54) is 22.7 Å². The van der Waals surface area contributed by atoms with E-state index in [4.69, 9.17) is 87.3 Å². The smallest absolute Gasteiger partial charge is 0.369 e. The van der Waals surface area contributed by atoms with Crippen LogP contribution < -0.4 is 0 Å². The molecule has 2 atom stereocenters. The Kier molecular flexibility index (Phi) is 14.9. The summed E-state index contributed by atoms with van der Waals surface area (Å²) in [5.74, 6) is -5.05. The van der Waals surface area contributed by atoms with E-state index in [0.717, 1.165) is 22.3 Å². The Labute approximate surface area is 533 Å². The van der Waals surface area contributed by atoms with Gasteiger partial charge < -0.3 is 28.4 Å². The molecular weight excluding hydrogens is 1220 g/mol. The molecule has 6 aromatic carbocycles. The Morgan fingerprint density at radius 2 is 0.682 bits per heavy atom. The summed E-state index contributed by atoms with van der Waals surface area (Å²) < 4.78 is 38.3. The quantitative estimate of drug-likeness (QED) is 0.0334. The van der Waals surface area contributed by atoms with Gasteiger partial charge in [-0.2, -0.15) is 0 Å². The van der Waals surface area contributed by atoms with Crippen LogP contribution in [0.15, 0.2) is 217 Å². The molecule has 0 saturated carbocycles. The Bertz CT molecular complexity index is 4050. The molecule has 0 spiro atoms. The van der Waals surface area contributed by atoms with Crippen molar-refractivity contribution < 1.29 is 47.6 Å². The number of hydrogen-bond acceptors (Lipinski definition) is 18. The standard InChI is InChI=1S/C70H44N2O10S6/c73-65(77-35-39-17-5-1-6-18-39)69(66(74)78-36-40-19-7-2-8-20-40)63-61(87-55(71-63)33-51-57(83)45-25-13-14-26-46(45)58(51)84)49-29-44-32-54-50(30-43(44)31-53(49)81-69)62-64(72-56(88-62)34-52-59(85)47-27-15-16-28-48(47)60(52)86)70(82-54,67(75)79-37-41-21-9-3-10-22-41)68(76)80-38-42-23-11-4-12-24-42/h1-34,43-44H,35-38H2. The van der Waals surface area contributed by atoms with E-state index >= 15 is 19.2 Å². The second-order valence-electron chi connectivity index (χ2n) is 21.2. The van der Waals surface area contributed by atoms with Crippen molar-refractivity contribution in [2.75, 3.05) is 0 Å². The van der Waals surface area contributed by atoms with Crippen molar-refractivity contribution in [3.63, 3.8) is 0 Å². The molecule has 2 aromatic heterocycles. The zero-order chi connectivity index (χ0) is 60.3. The van der Waals surface area contributed by atoms with Crippen LogP contribution in [0.5, 0.6) is 0 Å². The molecule has 8 aromatic rings. The van der Waals surface area contributed by atoms with E-state index in [0.29, 0.717) is 83.8 Å². The fraction of sp³-hybridized carbons (Fsp3) is 0.114. The molecule has 18 heteroatoms. The summed E-state index contributed by atoms with van der Waals surface area (Å²) in [5.41, 5.74) is 2.66. The Hall–Kier alpha value is -9.14. The van der Waals surface area contributed by atoms with Crippen molar-refractivity contribution in [1.82, 2.24) is 9.97 Å². The highest BCUT2D eigenvalue weighted by Crippen LogP contribution is 2.55. The molecule has 0 radical (unpaired) electrons. The van der Waals surface area contributed by atoms with Crippen LogP contribution in [-0.4, -0.2) is 53.3 Å². The number of thiazole rings is 2. The van der Waals surface area contributed by atoms with Crippen molar-refractivity contribution in [2.45, 2.75) is 37.6 Å². The zero-order valence-electron chi connectivity index (χ0n) is 46.0. The summed E-state index contributed by atoms with van der Waals surface area (Å²) in [5, 5.41) is 0.723. The van der Waals surface area contributed by atoms with E-state index in [2.05, 4.69) is 0 Å². The van der Waals surface area contributed by atoms with Gasteiger partial charge in [-0.15, -0.1) is 22.7 Å². The third-order valence-electron chi connectivity index (χ3n) is 15.7. The van der Waals surface area contributed by atoms with Crippen molar-refractivity contribution in [3.8, 4) is 0 Å². The topological polar surface area (TPSA) is 149 Å². The molecule has 0 N–H and O–H groups in total. The van der Waals surface area contributed by atoms with Crippen LogP contribution >= 0.6 is 71.5 Å². The molecule has 0 saturated heterocycles. The van der Waals surface area contributed by atoms with E-state index in [-0.39, 0.29) is 49.3 Å². The minimum Gasteiger partial charge on any atom is -0.458 e. The van der Waals surface area contributed by atoms with E-state index in [9.17, 15) is 0 Å². The molecular formula is C70H44N2O10S6. The van der Waals surface area contributed by atoms with Crippen molar-refractivity contribution >= 4 is 138 Å². The molecule has 0 fully saturated rings. The summed E-state index contributed by atoms with van der Waals surface area (Å²) in [6, 6.07) is 51.5. The lowest BCUT2D eigenvalue weighted by Crippen LogP contribution is -2.51. The average molecular weight is 1270 g/mol. The molecule has 2 unspecified atom stereocenters. The maximum absolute atomic E-state index is 15.3. The Morgan fingerprint density at radius 1 is 0.409 bits per heavy atom. The summed E-state index contributed by atoms with van der Waals surface area (Å²) in [7, 11) is 0. The molecule has 0 bridgehead atoms. The van der Waals surface area contributed by atoms with E-state index in [1.807, 2.05) is 146 Å². The number of esters is 4. The van der Waals surface area contributed by atoms with Crippen molar-refractivity contribution in [1.29, 1.82) is 0 Å². The minimum absolute atomic E-state index is 0.0649. The predicted molar refractivity (Wildman–Crippen MR) is 349 cm³/mol. The first-order valence-electron chi connectivity index (χ1n) is 27.8. The highest BCUT2D eigenvalue weighted by atomic mass is 32.1. The highest BCUT2D eigenvalue weighted by molar-refractivity contribution is 7.84. The summed E-state index contributed by atoms with van der Waals surface area (Å²) in [6.07, 6.45) is 11.0. The van der Waals surface area contributed by atoms with Crippen LogP contribution in [0.4, 0.5) is 0 Å². The van der Waals surface area contributed by atoms with Gasteiger partial charge in [0, 0.05) is 56.4 Å². The van der Waals surface area contributed by atoms with E-state index in [1.54, 1.807) is 60.7 Å². The summed E-state index contributed by atoms with van der Waals surface area (Å²) in [4.78, 5) is 74.4. The monoisotopic (exact) mass is 1260 g/mol. The Balaban J connectivity index is 0.921. The highest BCUT2D eigenvalue weighted by Gasteiger charge is 2.63. The van der Waals surface area contributed by atoms with E-state index < -0.39 is 46.9 Å². The average Bonchev–Trinajstić information content (AvgIpc) is 1.37. The number of fused-ring (bicyclic) bond motifs is 9. The number of benzene rings is 6. The van der Waals surface area contributed by atoms with Gasteiger partial charge in [0.1, 0.15) is 59.3 Å². The first kappa shape index (κ1) is 56.7. The molecule has 88 heavy (non-hydrogen) atoms. The Morgan fingerprint density at radius 3 is 0.966 bits per heavy atom. The molecule has 0 amide bonds. The SMILES string of the molecule is O=C(OCc1ccccc1)C1(C(=O)OCc2ccccc2)OC2=CC3C=C4C(=CC3C=C2c2sc(C=C3C(=S)c5ccccc5C3=S)nc21)OC(C(=O)OCc1ccccc1)(C(=O)OCc1ccccc1)c1nc(C=C2C(=S)c3ccccc3C2=S)sc14. The summed E-state index contributed by atoms with van der Waals surface area (Å²) >= 11 is 26.4. The van der Waals surface area contributed by atoms with Gasteiger partial charge in [0.05, 0.1) is 29.2 Å². The molecule has 6 aliphatic rings. The number of aromatic nitrogens is 2. The molecule has 4 aliphatic carbocycles. The number of carbonyl (C=O) groups excluding carboxylic acids is 4. The van der Waals surface area contributed by atoms with Gasteiger partial charge in [-0.25, -0.2) is 29.1 Å². The van der Waals surface area contributed by atoms with Gasteiger partial charge in [-0.3, -0.25) is 0 Å². The third-order valence-corrected chi connectivity index (χ3v) is 19.5. The molecule has 12 nitrogen and oxygen atoms in total. The molecule has 14 rings (SSSR count). The molecule has 2 aliphatic heterocycles. The lowest BCUT2D eigenvalue weighted by molar-refractivity contribution is -0.191.